The molecule has 0 heterocycles. The van der Waals surface area contributed by atoms with Gasteiger partial charge in [0.2, 0.25) is 5.91 Å². The smallest absolute Gasteiger partial charge is 0.261 e. The van der Waals surface area contributed by atoms with Crippen LogP contribution in [0.3, 0.4) is 0 Å². The summed E-state index contributed by atoms with van der Waals surface area (Å²) in [7, 11) is -2.51. The molecule has 0 aromatic heterocycles. The van der Waals surface area contributed by atoms with E-state index < -0.39 is 21.7 Å². The van der Waals surface area contributed by atoms with Crippen molar-refractivity contribution in [1.82, 2.24) is 0 Å². The first-order valence-electron chi connectivity index (χ1n) is 8.91. The second-order valence-corrected chi connectivity index (χ2v) is 9.00. The Bertz CT molecular complexity index is 1170. The first-order chi connectivity index (χ1) is 14.8. The lowest BCUT2D eigenvalue weighted by molar-refractivity contribution is -0.113. The molecule has 1 amide bonds. The average molecular weight is 465 g/mol. The van der Waals surface area contributed by atoms with Crippen LogP contribution in [0.4, 0.5) is 20.2 Å². The number of sulfonamides is 1. The van der Waals surface area contributed by atoms with E-state index in [9.17, 15) is 22.0 Å². The molecule has 0 unspecified atom stereocenters. The highest BCUT2D eigenvalue weighted by molar-refractivity contribution is 8.00. The minimum atomic E-state index is -4.09. The van der Waals surface area contributed by atoms with E-state index in [0.29, 0.717) is 11.8 Å². The van der Waals surface area contributed by atoms with Crippen molar-refractivity contribution in [3.63, 3.8) is 0 Å². The quantitative estimate of drug-likeness (QED) is 0.480. The fraction of sp³-hybridized carbons (Fsp3) is 0.0952. The van der Waals surface area contributed by atoms with Crippen LogP contribution in [0.2, 0.25) is 0 Å². The lowest BCUT2D eigenvalue weighted by Crippen LogP contribution is -2.15. The van der Waals surface area contributed by atoms with Crippen LogP contribution < -0.4 is 14.8 Å². The zero-order valence-corrected chi connectivity index (χ0v) is 17.9. The predicted molar refractivity (Wildman–Crippen MR) is 116 cm³/mol. The number of nitrogens with one attached hydrogen (secondary N) is 2. The molecule has 162 valence electrons. The Hall–Kier alpha value is -3.11. The van der Waals surface area contributed by atoms with E-state index in [2.05, 4.69) is 10.0 Å². The summed E-state index contributed by atoms with van der Waals surface area (Å²) in [5, 5.41) is 2.68. The van der Waals surface area contributed by atoms with Gasteiger partial charge >= 0.3 is 0 Å². The third kappa shape index (κ3) is 6.19. The van der Waals surface area contributed by atoms with Gasteiger partial charge in [0, 0.05) is 16.6 Å². The maximum Gasteiger partial charge on any atom is 0.261 e. The SMILES string of the molecule is COc1ccc(SCC(=O)Nc2ccc(S(=O)(=O)Nc3ccc(F)cc3F)cc2)cc1. The van der Waals surface area contributed by atoms with Crippen molar-refractivity contribution in [2.24, 2.45) is 0 Å². The van der Waals surface area contributed by atoms with Gasteiger partial charge in [-0.2, -0.15) is 0 Å². The van der Waals surface area contributed by atoms with E-state index in [1.165, 1.54) is 36.0 Å². The molecule has 0 fully saturated rings. The van der Waals surface area contributed by atoms with Crippen molar-refractivity contribution in [3.05, 3.63) is 78.4 Å². The highest BCUT2D eigenvalue weighted by Crippen LogP contribution is 2.23. The molecule has 3 aromatic rings. The normalized spacial score (nSPS) is 11.1. The summed E-state index contributed by atoms with van der Waals surface area (Å²) < 4.78 is 58.7. The number of hydrogen-bond acceptors (Lipinski definition) is 5. The Morgan fingerprint density at radius 2 is 1.68 bits per heavy atom. The van der Waals surface area contributed by atoms with E-state index in [0.717, 1.165) is 22.8 Å². The molecule has 0 radical (unpaired) electrons. The largest absolute Gasteiger partial charge is 0.497 e. The van der Waals surface area contributed by atoms with Crippen LogP contribution in [0, 0.1) is 11.6 Å². The zero-order valence-electron chi connectivity index (χ0n) is 16.3. The number of ether oxygens (including phenoxy) is 1. The second-order valence-electron chi connectivity index (χ2n) is 6.27. The number of amides is 1. The van der Waals surface area contributed by atoms with Gasteiger partial charge in [0.1, 0.15) is 17.4 Å². The van der Waals surface area contributed by atoms with Crippen molar-refractivity contribution >= 4 is 39.1 Å². The summed E-state index contributed by atoms with van der Waals surface area (Å²) in [5.41, 5.74) is 0.0431. The number of halogens is 2. The van der Waals surface area contributed by atoms with Crippen LogP contribution in [-0.4, -0.2) is 27.2 Å². The van der Waals surface area contributed by atoms with Gasteiger partial charge in [-0.1, -0.05) is 0 Å². The molecule has 0 spiro atoms. The molecule has 0 aliphatic carbocycles. The number of methoxy groups -OCH3 is 1. The minimum Gasteiger partial charge on any atom is -0.497 e. The third-order valence-corrected chi connectivity index (χ3v) is 6.45. The molecule has 0 saturated carbocycles. The van der Waals surface area contributed by atoms with Crippen molar-refractivity contribution < 1.29 is 26.7 Å². The van der Waals surface area contributed by atoms with Gasteiger partial charge in [0.05, 0.1) is 23.4 Å². The molecule has 3 rings (SSSR count). The van der Waals surface area contributed by atoms with E-state index in [4.69, 9.17) is 4.74 Å². The first kappa shape index (κ1) is 22.6. The minimum absolute atomic E-state index is 0.137. The fourth-order valence-corrected chi connectivity index (χ4v) is 4.28. The van der Waals surface area contributed by atoms with Gasteiger partial charge in [-0.25, -0.2) is 17.2 Å². The number of hydrogen-bond donors (Lipinski definition) is 2. The number of thioether (sulfide) groups is 1. The van der Waals surface area contributed by atoms with Crippen molar-refractivity contribution in [3.8, 4) is 5.75 Å². The molecule has 3 aromatic carbocycles. The maximum atomic E-state index is 13.7. The first-order valence-corrected chi connectivity index (χ1v) is 11.4. The predicted octanol–water partition coefficient (Wildman–Crippen LogP) is 4.51. The molecule has 0 atom stereocenters. The summed E-state index contributed by atoms with van der Waals surface area (Å²) >= 11 is 1.34. The van der Waals surface area contributed by atoms with E-state index in [1.54, 1.807) is 19.2 Å². The molecule has 0 aliphatic heterocycles. The van der Waals surface area contributed by atoms with Gasteiger partial charge in [0.15, 0.2) is 0 Å². The number of anilines is 2. The average Bonchev–Trinajstić information content (AvgIpc) is 2.75. The molecular weight excluding hydrogens is 446 g/mol. The summed E-state index contributed by atoms with van der Waals surface area (Å²) in [6.45, 7) is 0. The van der Waals surface area contributed by atoms with E-state index in [-0.39, 0.29) is 22.2 Å². The van der Waals surface area contributed by atoms with Gasteiger partial charge in [-0.15, -0.1) is 11.8 Å². The molecule has 0 bridgehead atoms. The van der Waals surface area contributed by atoms with Crippen LogP contribution >= 0.6 is 11.8 Å². The molecule has 31 heavy (non-hydrogen) atoms. The van der Waals surface area contributed by atoms with Gasteiger partial charge in [0.25, 0.3) is 10.0 Å². The summed E-state index contributed by atoms with van der Waals surface area (Å²) in [6, 6.07) is 15.2. The fourth-order valence-electron chi connectivity index (χ4n) is 2.51. The molecule has 0 saturated heterocycles. The van der Waals surface area contributed by atoms with Crippen molar-refractivity contribution in [2.75, 3.05) is 22.9 Å². The van der Waals surface area contributed by atoms with Gasteiger partial charge in [-0.3, -0.25) is 9.52 Å². The van der Waals surface area contributed by atoms with Crippen molar-refractivity contribution in [1.29, 1.82) is 0 Å². The lowest BCUT2D eigenvalue weighted by Gasteiger charge is -2.10. The Morgan fingerprint density at radius 3 is 2.29 bits per heavy atom. The topological polar surface area (TPSA) is 84.5 Å². The summed E-state index contributed by atoms with van der Waals surface area (Å²) in [5.74, 6) is -1.21. The molecule has 10 heteroatoms. The molecule has 0 aliphatic rings. The Labute approximate surface area is 182 Å². The highest BCUT2D eigenvalue weighted by Gasteiger charge is 2.17. The van der Waals surface area contributed by atoms with Crippen LogP contribution in [0.5, 0.6) is 5.75 Å². The monoisotopic (exact) mass is 464 g/mol. The Morgan fingerprint density at radius 1 is 1.00 bits per heavy atom. The van der Waals surface area contributed by atoms with E-state index >= 15 is 0 Å². The molecular formula is C21H18F2N2O4S2. The lowest BCUT2D eigenvalue weighted by atomic mass is 10.3. The molecule has 2 N–H and O–H groups in total. The highest BCUT2D eigenvalue weighted by atomic mass is 32.2. The van der Waals surface area contributed by atoms with Crippen LogP contribution in [0.15, 0.2) is 76.5 Å². The standard InChI is InChI=1S/C21H18F2N2O4S2/c1-29-16-5-7-17(8-6-16)30-13-21(26)24-15-3-9-18(10-4-15)31(27,28)25-20-11-2-14(22)12-19(20)23/h2-12,25H,13H2,1H3,(H,24,26). The van der Waals surface area contributed by atoms with Crippen LogP contribution in [0.1, 0.15) is 0 Å². The Kier molecular flexibility index (Phi) is 7.13. The summed E-state index contributed by atoms with van der Waals surface area (Å²) in [4.78, 5) is 12.9. The Balaban J connectivity index is 1.59. The summed E-state index contributed by atoms with van der Waals surface area (Å²) in [6.07, 6.45) is 0. The maximum absolute atomic E-state index is 13.7. The van der Waals surface area contributed by atoms with Gasteiger partial charge < -0.3 is 10.1 Å². The van der Waals surface area contributed by atoms with E-state index in [1.807, 2.05) is 12.1 Å². The number of rotatable bonds is 8. The molecule has 6 nitrogen and oxygen atoms in total. The van der Waals surface area contributed by atoms with Crippen molar-refractivity contribution in [2.45, 2.75) is 9.79 Å². The number of carbonyl (C=O) groups is 1. The van der Waals surface area contributed by atoms with Crippen LogP contribution in [-0.2, 0) is 14.8 Å². The third-order valence-electron chi connectivity index (χ3n) is 4.05. The number of benzene rings is 3. The number of carbonyl (C=O) groups excluding carboxylic acids is 1. The van der Waals surface area contributed by atoms with Gasteiger partial charge in [-0.05, 0) is 60.7 Å². The van der Waals surface area contributed by atoms with Crippen LogP contribution in [0.25, 0.3) is 0 Å². The second kappa shape index (κ2) is 9.80. The zero-order chi connectivity index (χ0) is 22.4.